The molecule has 58 valence electrons. The van der Waals surface area contributed by atoms with Gasteiger partial charge in [0.05, 0.1) is 0 Å². The maximum atomic E-state index is 10.2. The summed E-state index contributed by atoms with van der Waals surface area (Å²) in [7, 11) is 0. The van der Waals surface area contributed by atoms with Gasteiger partial charge in [0.15, 0.2) is 6.04 Å². The molecule has 0 heterocycles. The molecular weight excluding hydrogens is 152 g/mol. The molecule has 10 heavy (non-hydrogen) atoms. The van der Waals surface area contributed by atoms with Gasteiger partial charge in [0.25, 0.3) is 0 Å². The van der Waals surface area contributed by atoms with Crippen LogP contribution in [0.15, 0.2) is 4.99 Å². The van der Waals surface area contributed by atoms with Crippen molar-refractivity contribution in [2.45, 2.75) is 6.04 Å². The van der Waals surface area contributed by atoms with Crippen LogP contribution >= 0.6 is 12.6 Å². The Balaban J connectivity index is 3.83. The highest BCUT2D eigenvalue weighted by atomic mass is 32.1. The average Bonchev–Trinajstić information content (AvgIpc) is 1.89. The van der Waals surface area contributed by atoms with Crippen LogP contribution in [0.1, 0.15) is 0 Å². The largest absolute Gasteiger partial charge is 0.480 e. The Hall–Kier alpha value is -0.550. The summed E-state index contributed by atoms with van der Waals surface area (Å²) in [6.07, 6.45) is 1.37. The third kappa shape index (κ3) is 3.47. The van der Waals surface area contributed by atoms with Gasteiger partial charge < -0.3 is 10.8 Å². The monoisotopic (exact) mass is 162 g/mol. The number of rotatable bonds is 4. The van der Waals surface area contributed by atoms with E-state index in [0.717, 1.165) is 0 Å². The van der Waals surface area contributed by atoms with E-state index in [2.05, 4.69) is 17.6 Å². The summed E-state index contributed by atoms with van der Waals surface area (Å²) in [5, 5.41) is 8.40. The molecule has 0 radical (unpaired) electrons. The topological polar surface area (TPSA) is 75.7 Å². The Morgan fingerprint density at radius 2 is 2.50 bits per heavy atom. The zero-order valence-corrected chi connectivity index (χ0v) is 6.29. The Kier molecular flexibility index (Phi) is 4.96. The predicted octanol–water partition coefficient (Wildman–Crippen LogP) is -0.601. The zero-order chi connectivity index (χ0) is 7.98. The molecule has 3 N–H and O–H groups in total. The molecule has 0 saturated heterocycles. The third-order valence-corrected chi connectivity index (χ3v) is 1.19. The number of carboxylic acid groups (broad SMARTS) is 1. The van der Waals surface area contributed by atoms with E-state index in [1.165, 1.54) is 6.21 Å². The Morgan fingerprint density at radius 1 is 1.90 bits per heavy atom. The highest BCUT2D eigenvalue weighted by Gasteiger charge is 2.11. The molecule has 0 aromatic heterocycles. The normalized spacial score (nSPS) is 13.8. The number of carbonyl (C=O) groups is 1. The van der Waals surface area contributed by atoms with E-state index in [0.29, 0.717) is 0 Å². The molecule has 0 amide bonds. The molecule has 1 atom stereocenters. The number of aliphatic imine (C=N–C) groups is 1. The van der Waals surface area contributed by atoms with Crippen LogP contribution in [0.2, 0.25) is 0 Å². The van der Waals surface area contributed by atoms with Gasteiger partial charge in [-0.2, -0.15) is 12.6 Å². The summed E-state index contributed by atoms with van der Waals surface area (Å²) < 4.78 is 0. The summed E-state index contributed by atoms with van der Waals surface area (Å²) in [5.41, 5.74) is 5.06. The van der Waals surface area contributed by atoms with Crippen LogP contribution in [0.25, 0.3) is 0 Å². The minimum absolute atomic E-state index is 0.200. The van der Waals surface area contributed by atoms with Gasteiger partial charge in [-0.3, -0.25) is 4.99 Å². The van der Waals surface area contributed by atoms with E-state index in [-0.39, 0.29) is 12.3 Å². The number of nitrogens with zero attached hydrogens (tertiary/aromatic N) is 1. The first-order valence-corrected chi connectivity index (χ1v) is 3.41. The lowest BCUT2D eigenvalue weighted by Gasteiger charge is -2.00. The van der Waals surface area contributed by atoms with Crippen molar-refractivity contribution in [3.63, 3.8) is 0 Å². The summed E-state index contributed by atoms with van der Waals surface area (Å²) in [6, 6.07) is -0.758. The van der Waals surface area contributed by atoms with Gasteiger partial charge in [-0.1, -0.05) is 0 Å². The SMILES string of the molecule is NCC=N[C@@H](CS)C(=O)O. The lowest BCUT2D eigenvalue weighted by atomic mass is 10.4. The van der Waals surface area contributed by atoms with Crippen molar-refractivity contribution >= 4 is 24.8 Å². The Labute approximate surface area is 64.5 Å². The highest BCUT2D eigenvalue weighted by molar-refractivity contribution is 7.80. The van der Waals surface area contributed by atoms with Gasteiger partial charge in [0.1, 0.15) is 0 Å². The van der Waals surface area contributed by atoms with Crippen LogP contribution < -0.4 is 5.73 Å². The second-order valence-corrected chi connectivity index (χ2v) is 1.97. The van der Waals surface area contributed by atoms with E-state index in [4.69, 9.17) is 10.8 Å². The Morgan fingerprint density at radius 3 is 2.80 bits per heavy atom. The van der Waals surface area contributed by atoms with Crippen LogP contribution in [0.3, 0.4) is 0 Å². The van der Waals surface area contributed by atoms with Gasteiger partial charge in [0.2, 0.25) is 0 Å². The smallest absolute Gasteiger partial charge is 0.329 e. The molecule has 5 heteroatoms. The number of aliphatic carboxylic acids is 1. The molecule has 0 fully saturated rings. The van der Waals surface area contributed by atoms with Crippen molar-refractivity contribution in [2.75, 3.05) is 12.3 Å². The predicted molar refractivity (Wildman–Crippen MR) is 42.8 cm³/mol. The van der Waals surface area contributed by atoms with Crippen molar-refractivity contribution in [1.82, 2.24) is 0 Å². The lowest BCUT2D eigenvalue weighted by molar-refractivity contribution is -0.137. The molecule has 0 aliphatic carbocycles. The van der Waals surface area contributed by atoms with E-state index in [1.807, 2.05) is 0 Å². The average molecular weight is 162 g/mol. The summed E-state index contributed by atoms with van der Waals surface area (Å²) in [4.78, 5) is 13.9. The summed E-state index contributed by atoms with van der Waals surface area (Å²) >= 11 is 3.79. The molecule has 0 bridgehead atoms. The van der Waals surface area contributed by atoms with E-state index in [1.54, 1.807) is 0 Å². The molecule has 0 aliphatic rings. The number of thiol groups is 1. The maximum Gasteiger partial charge on any atom is 0.329 e. The Bertz CT molecular complexity index is 138. The molecular formula is C5H10N2O2S. The number of hydrogen-bond donors (Lipinski definition) is 3. The van der Waals surface area contributed by atoms with Crippen LogP contribution in [0.4, 0.5) is 0 Å². The van der Waals surface area contributed by atoms with E-state index in [9.17, 15) is 4.79 Å². The first kappa shape index (κ1) is 9.45. The van der Waals surface area contributed by atoms with Crippen molar-refractivity contribution in [1.29, 1.82) is 0 Å². The van der Waals surface area contributed by atoms with Gasteiger partial charge in [-0.25, -0.2) is 4.79 Å². The second-order valence-electron chi connectivity index (χ2n) is 1.60. The lowest BCUT2D eigenvalue weighted by Crippen LogP contribution is -2.20. The first-order valence-electron chi connectivity index (χ1n) is 2.77. The molecule has 4 nitrogen and oxygen atoms in total. The molecule has 0 aromatic carbocycles. The van der Waals surface area contributed by atoms with Crippen molar-refractivity contribution in [2.24, 2.45) is 10.7 Å². The molecule has 0 spiro atoms. The van der Waals surface area contributed by atoms with Crippen molar-refractivity contribution < 1.29 is 9.90 Å². The van der Waals surface area contributed by atoms with Gasteiger partial charge in [0, 0.05) is 18.5 Å². The van der Waals surface area contributed by atoms with E-state index >= 15 is 0 Å². The number of carboxylic acids is 1. The van der Waals surface area contributed by atoms with Crippen LogP contribution in [0, 0.1) is 0 Å². The highest BCUT2D eigenvalue weighted by Crippen LogP contribution is 1.92. The standard InChI is InChI=1S/C5H10N2O2S/c6-1-2-7-4(3-10)5(8)9/h2,4,10H,1,3,6H2,(H,8,9)/t4-/m0/s1. The van der Waals surface area contributed by atoms with E-state index < -0.39 is 12.0 Å². The van der Waals surface area contributed by atoms with Crippen molar-refractivity contribution in [3.05, 3.63) is 0 Å². The minimum atomic E-state index is -0.972. The van der Waals surface area contributed by atoms with Crippen LogP contribution in [-0.2, 0) is 4.79 Å². The molecule has 0 aliphatic heterocycles. The zero-order valence-electron chi connectivity index (χ0n) is 5.40. The molecule has 0 unspecified atom stereocenters. The summed E-state index contributed by atoms with van der Waals surface area (Å²) in [5.74, 6) is -0.772. The van der Waals surface area contributed by atoms with Crippen LogP contribution in [-0.4, -0.2) is 35.6 Å². The fourth-order valence-electron chi connectivity index (χ4n) is 0.377. The minimum Gasteiger partial charge on any atom is -0.480 e. The quantitative estimate of drug-likeness (QED) is 0.381. The molecule has 0 aromatic rings. The third-order valence-electron chi connectivity index (χ3n) is 0.849. The van der Waals surface area contributed by atoms with Crippen molar-refractivity contribution in [3.8, 4) is 0 Å². The summed E-state index contributed by atoms with van der Waals surface area (Å²) in [6.45, 7) is 0.261. The fourth-order valence-corrected chi connectivity index (χ4v) is 0.628. The van der Waals surface area contributed by atoms with Gasteiger partial charge in [-0.15, -0.1) is 0 Å². The first-order chi connectivity index (χ1) is 4.72. The van der Waals surface area contributed by atoms with Crippen LogP contribution in [0.5, 0.6) is 0 Å². The second kappa shape index (κ2) is 5.25. The van der Waals surface area contributed by atoms with Gasteiger partial charge >= 0.3 is 5.97 Å². The van der Waals surface area contributed by atoms with Gasteiger partial charge in [-0.05, 0) is 0 Å². The maximum absolute atomic E-state index is 10.2. The molecule has 0 saturated carbocycles. The fraction of sp³-hybridized carbons (Fsp3) is 0.600. The number of hydrogen-bond acceptors (Lipinski definition) is 4. The number of nitrogens with two attached hydrogens (primary N) is 1. The molecule has 0 rings (SSSR count).